The number of anilines is 1. The van der Waals surface area contributed by atoms with Crippen LogP contribution in [0.2, 0.25) is 0 Å². The quantitative estimate of drug-likeness (QED) is 0.472. The predicted octanol–water partition coefficient (Wildman–Crippen LogP) is 3.37. The molecule has 0 aliphatic rings. The normalized spacial score (nSPS) is 11.6. The van der Waals surface area contributed by atoms with Gasteiger partial charge >= 0.3 is 0 Å². The first-order valence-electron chi connectivity index (χ1n) is 4.90. The van der Waals surface area contributed by atoms with Crippen molar-refractivity contribution in [2.45, 2.75) is 20.8 Å². The molecule has 0 aliphatic heterocycles. The van der Waals surface area contributed by atoms with Gasteiger partial charge in [-0.05, 0) is 0 Å². The molecule has 0 bridgehead atoms. The molecule has 18 heavy (non-hydrogen) atoms. The minimum absolute atomic E-state index is 0.870. The number of hydrogen-bond donors (Lipinski definition) is 1. The van der Waals surface area contributed by atoms with Gasteiger partial charge in [-0.3, -0.25) is 4.79 Å². The molecule has 1 aromatic carbocycles. The molecule has 0 unspecified atom stereocenters. The highest BCUT2D eigenvalue weighted by Crippen LogP contribution is 2.28. The zero-order valence-electron chi connectivity index (χ0n) is 9.80. The molecule has 0 atom stereocenters. The Bertz CT molecular complexity index is 478. The fourth-order valence-electron chi connectivity index (χ4n) is 1.02. The summed E-state index contributed by atoms with van der Waals surface area (Å²) in [5.74, 6) is -11.5. The van der Waals surface area contributed by atoms with Crippen LogP contribution < -0.4 is 5.32 Å². The van der Waals surface area contributed by atoms with Crippen LogP contribution >= 0.6 is 0 Å². The Morgan fingerprint density at radius 3 is 1.50 bits per heavy atom. The van der Waals surface area contributed by atoms with E-state index in [9.17, 15) is 26.7 Å². The van der Waals surface area contributed by atoms with Crippen LogP contribution in [-0.2, 0) is 4.79 Å². The van der Waals surface area contributed by atoms with Crippen LogP contribution in [-0.4, -0.2) is 5.91 Å². The highest BCUT2D eigenvalue weighted by Gasteiger charge is 2.29. The Morgan fingerprint density at radius 2 is 1.17 bits per heavy atom. The molecule has 0 aliphatic carbocycles. The van der Waals surface area contributed by atoms with Gasteiger partial charge in [-0.2, -0.15) is 0 Å². The summed E-state index contributed by atoms with van der Waals surface area (Å²) in [5.41, 5.74) is -2.38. The first kappa shape index (κ1) is 14.4. The van der Waals surface area contributed by atoms with E-state index in [2.05, 4.69) is 0 Å². The van der Waals surface area contributed by atoms with E-state index in [4.69, 9.17) is 0 Å². The molecular weight excluding hydrogens is 257 g/mol. The fraction of sp³-hybridized carbons (Fsp3) is 0.364. The van der Waals surface area contributed by atoms with Crippen molar-refractivity contribution in [3.8, 4) is 0 Å². The number of rotatable bonds is 1. The summed E-state index contributed by atoms with van der Waals surface area (Å²) < 4.78 is 64.8. The summed E-state index contributed by atoms with van der Waals surface area (Å²) in [6.45, 7) is 4.27. The first-order valence-corrected chi connectivity index (χ1v) is 4.90. The molecular formula is C11H10F5NO. The van der Waals surface area contributed by atoms with E-state index in [1.54, 1.807) is 5.32 Å². The van der Waals surface area contributed by atoms with Crippen LogP contribution in [0.25, 0.3) is 0 Å². The van der Waals surface area contributed by atoms with Crippen molar-refractivity contribution in [2.24, 2.45) is 5.41 Å². The lowest BCUT2D eigenvalue weighted by molar-refractivity contribution is -0.123. The lowest BCUT2D eigenvalue weighted by Gasteiger charge is -2.18. The van der Waals surface area contributed by atoms with Crippen molar-refractivity contribution in [1.29, 1.82) is 0 Å². The largest absolute Gasteiger partial charge is 0.321 e. The van der Waals surface area contributed by atoms with Gasteiger partial charge in [0.2, 0.25) is 11.7 Å². The third kappa shape index (κ3) is 2.44. The fourth-order valence-corrected chi connectivity index (χ4v) is 1.02. The molecule has 2 nitrogen and oxygen atoms in total. The standard InChI is InChI=1S/C11H10F5NO/c1-11(2,3)10(18)17-9-7(15)5(13)4(12)6(14)8(9)16/h1-3H3,(H,17,18). The molecule has 0 saturated heterocycles. The van der Waals surface area contributed by atoms with Crippen molar-refractivity contribution < 1.29 is 26.7 Å². The van der Waals surface area contributed by atoms with Gasteiger partial charge < -0.3 is 5.32 Å². The van der Waals surface area contributed by atoms with Gasteiger partial charge in [-0.1, -0.05) is 20.8 Å². The van der Waals surface area contributed by atoms with Crippen molar-refractivity contribution in [2.75, 3.05) is 5.32 Å². The minimum atomic E-state index is -2.27. The maximum atomic E-state index is 13.2. The Kier molecular flexibility index (Phi) is 3.64. The third-order valence-corrected chi connectivity index (χ3v) is 2.13. The van der Waals surface area contributed by atoms with Crippen LogP contribution in [0.3, 0.4) is 0 Å². The average molecular weight is 267 g/mol. The third-order valence-electron chi connectivity index (χ3n) is 2.13. The zero-order valence-corrected chi connectivity index (χ0v) is 9.80. The molecule has 1 N–H and O–H groups in total. The average Bonchev–Trinajstić information content (AvgIpc) is 2.28. The van der Waals surface area contributed by atoms with Crippen molar-refractivity contribution in [1.82, 2.24) is 0 Å². The second-order valence-corrected chi connectivity index (χ2v) is 4.65. The summed E-state index contributed by atoms with van der Waals surface area (Å²) in [6.07, 6.45) is 0. The van der Waals surface area contributed by atoms with Gasteiger partial charge in [-0.15, -0.1) is 0 Å². The maximum Gasteiger partial charge on any atom is 0.229 e. The van der Waals surface area contributed by atoms with Gasteiger partial charge in [0.25, 0.3) is 0 Å². The Morgan fingerprint density at radius 1 is 0.833 bits per heavy atom. The molecule has 0 radical (unpaired) electrons. The molecule has 0 saturated carbocycles. The Labute approximate surface area is 99.8 Å². The number of amides is 1. The monoisotopic (exact) mass is 267 g/mol. The SMILES string of the molecule is CC(C)(C)C(=O)Nc1c(F)c(F)c(F)c(F)c1F. The number of nitrogens with one attached hydrogen (secondary N) is 1. The summed E-state index contributed by atoms with van der Waals surface area (Å²) in [4.78, 5) is 11.5. The Hall–Kier alpha value is -1.66. The molecule has 0 fully saturated rings. The molecule has 1 rings (SSSR count). The first-order chi connectivity index (χ1) is 8.07. The summed E-state index contributed by atoms with van der Waals surface area (Å²) in [5, 5.41) is 1.69. The van der Waals surface area contributed by atoms with E-state index >= 15 is 0 Å². The van der Waals surface area contributed by atoms with Gasteiger partial charge in [0, 0.05) is 5.41 Å². The number of carbonyl (C=O) groups excluding carboxylic acids is 1. The maximum absolute atomic E-state index is 13.2. The molecule has 1 amide bonds. The van der Waals surface area contributed by atoms with Crippen LogP contribution in [0.1, 0.15) is 20.8 Å². The smallest absolute Gasteiger partial charge is 0.229 e. The van der Waals surface area contributed by atoms with Gasteiger partial charge in [-0.25, -0.2) is 22.0 Å². The van der Waals surface area contributed by atoms with Crippen molar-refractivity contribution in [3.05, 3.63) is 29.1 Å². The molecule has 0 aromatic heterocycles. The zero-order chi connectivity index (χ0) is 14.2. The highest BCUT2D eigenvalue weighted by molar-refractivity contribution is 5.94. The Balaban J connectivity index is 3.31. The van der Waals surface area contributed by atoms with E-state index in [1.165, 1.54) is 20.8 Å². The van der Waals surface area contributed by atoms with E-state index in [0.717, 1.165) is 0 Å². The van der Waals surface area contributed by atoms with Crippen molar-refractivity contribution >= 4 is 11.6 Å². The highest BCUT2D eigenvalue weighted by atomic mass is 19.2. The minimum Gasteiger partial charge on any atom is -0.321 e. The predicted molar refractivity (Wildman–Crippen MR) is 54.3 cm³/mol. The number of benzene rings is 1. The summed E-state index contributed by atoms with van der Waals surface area (Å²) in [7, 11) is 0. The van der Waals surface area contributed by atoms with Crippen LogP contribution in [0, 0.1) is 34.5 Å². The number of carbonyl (C=O) groups is 1. The molecule has 0 heterocycles. The van der Waals surface area contributed by atoms with Crippen LogP contribution in [0.5, 0.6) is 0 Å². The van der Waals surface area contributed by atoms with Crippen molar-refractivity contribution in [3.63, 3.8) is 0 Å². The van der Waals surface area contributed by atoms with Gasteiger partial charge in [0.15, 0.2) is 23.3 Å². The number of halogens is 5. The van der Waals surface area contributed by atoms with E-state index in [1.807, 2.05) is 0 Å². The molecule has 0 spiro atoms. The van der Waals surface area contributed by atoms with E-state index in [0.29, 0.717) is 0 Å². The summed E-state index contributed by atoms with van der Waals surface area (Å²) >= 11 is 0. The second kappa shape index (κ2) is 4.55. The lowest BCUT2D eigenvalue weighted by atomic mass is 9.95. The molecule has 1 aromatic rings. The van der Waals surface area contributed by atoms with Gasteiger partial charge in [0.05, 0.1) is 0 Å². The molecule has 7 heteroatoms. The second-order valence-electron chi connectivity index (χ2n) is 4.65. The van der Waals surface area contributed by atoms with E-state index in [-0.39, 0.29) is 0 Å². The lowest BCUT2D eigenvalue weighted by Crippen LogP contribution is -2.29. The topological polar surface area (TPSA) is 29.1 Å². The van der Waals surface area contributed by atoms with Gasteiger partial charge in [0.1, 0.15) is 5.69 Å². The van der Waals surface area contributed by atoms with Crippen LogP contribution in [0.15, 0.2) is 0 Å². The van der Waals surface area contributed by atoms with E-state index < -0.39 is 46.1 Å². The van der Waals surface area contributed by atoms with Crippen LogP contribution in [0.4, 0.5) is 27.6 Å². The molecule has 100 valence electrons. The number of hydrogen-bond acceptors (Lipinski definition) is 1. The summed E-state index contributed by atoms with van der Waals surface area (Å²) in [6, 6.07) is 0.